The van der Waals surface area contributed by atoms with Crippen LogP contribution < -0.4 is 5.32 Å². The molecule has 0 fully saturated rings. The number of nitrogens with one attached hydrogen (secondary N) is 1. The Morgan fingerprint density at radius 3 is 2.42 bits per heavy atom. The number of halogens is 3. The molecule has 0 atom stereocenters. The van der Waals surface area contributed by atoms with Crippen LogP contribution in [0.15, 0.2) is 53.4 Å². The summed E-state index contributed by atoms with van der Waals surface area (Å²) in [6.45, 7) is -0.344. The first-order valence-electron chi connectivity index (χ1n) is 8.75. The molecule has 2 aromatic carbocycles. The van der Waals surface area contributed by atoms with E-state index >= 15 is 0 Å². The fraction of sp³-hybridized carbons (Fsp3) is 0.222. The number of alkyl halides is 3. The van der Waals surface area contributed by atoms with Crippen molar-refractivity contribution in [2.75, 3.05) is 19.4 Å². The van der Waals surface area contributed by atoms with Gasteiger partial charge in [0.2, 0.25) is 21.8 Å². The fourth-order valence-electron chi connectivity index (χ4n) is 2.51. The quantitative estimate of drug-likeness (QED) is 0.612. The Bertz CT molecular complexity index is 1190. The van der Waals surface area contributed by atoms with Gasteiger partial charge < -0.3 is 5.32 Å². The molecule has 1 amide bonds. The zero-order chi connectivity index (χ0) is 22.8. The molecule has 0 radical (unpaired) electrons. The predicted molar refractivity (Wildman–Crippen MR) is 104 cm³/mol. The van der Waals surface area contributed by atoms with Gasteiger partial charge in [0.15, 0.2) is 0 Å². The lowest BCUT2D eigenvalue weighted by Crippen LogP contribution is -2.22. The number of amides is 1. The molecule has 3 rings (SSSR count). The molecule has 9 nitrogen and oxygen atoms in total. The van der Waals surface area contributed by atoms with Crippen molar-refractivity contribution in [1.82, 2.24) is 24.5 Å². The van der Waals surface area contributed by atoms with Crippen LogP contribution in [-0.2, 0) is 27.5 Å². The Hall–Kier alpha value is -3.32. The molecule has 13 heteroatoms. The highest BCUT2D eigenvalue weighted by atomic mass is 32.2. The van der Waals surface area contributed by atoms with E-state index in [1.807, 2.05) is 0 Å². The van der Waals surface area contributed by atoms with Crippen molar-refractivity contribution in [1.29, 1.82) is 0 Å². The second-order valence-corrected chi connectivity index (χ2v) is 8.73. The number of sulfonamides is 1. The maximum atomic E-state index is 12.8. The zero-order valence-electron chi connectivity index (χ0n) is 16.3. The first-order chi connectivity index (χ1) is 14.5. The van der Waals surface area contributed by atoms with Gasteiger partial charge in [-0.15, -0.1) is 10.2 Å². The first-order valence-corrected chi connectivity index (χ1v) is 10.2. The number of carbonyl (C=O) groups excluding carboxylic acids is 1. The SMILES string of the molecule is CN(C)S(=O)(=O)c1ccc(NC(=O)Cn2nnc(-c3cccc(C(F)(F)F)c3)n2)cc1. The van der Waals surface area contributed by atoms with E-state index in [1.165, 1.54) is 50.5 Å². The summed E-state index contributed by atoms with van der Waals surface area (Å²) < 4.78 is 63.7. The molecule has 0 saturated carbocycles. The molecule has 0 spiro atoms. The molecule has 0 saturated heterocycles. The summed E-state index contributed by atoms with van der Waals surface area (Å²) in [6.07, 6.45) is -4.51. The van der Waals surface area contributed by atoms with E-state index in [4.69, 9.17) is 0 Å². The van der Waals surface area contributed by atoms with Gasteiger partial charge in [-0.2, -0.15) is 18.0 Å². The summed E-state index contributed by atoms with van der Waals surface area (Å²) in [5.41, 5.74) is -0.390. The number of benzene rings is 2. The molecule has 1 aromatic heterocycles. The van der Waals surface area contributed by atoms with E-state index in [9.17, 15) is 26.4 Å². The number of aromatic nitrogens is 4. The van der Waals surface area contributed by atoms with Crippen molar-refractivity contribution in [3.63, 3.8) is 0 Å². The molecule has 0 aliphatic carbocycles. The molecule has 0 aliphatic heterocycles. The molecule has 0 bridgehead atoms. The second kappa shape index (κ2) is 8.43. The van der Waals surface area contributed by atoms with E-state index in [0.717, 1.165) is 21.2 Å². The zero-order valence-corrected chi connectivity index (χ0v) is 17.1. The summed E-state index contributed by atoms with van der Waals surface area (Å²) in [4.78, 5) is 13.2. The minimum Gasteiger partial charge on any atom is -0.324 e. The van der Waals surface area contributed by atoms with E-state index in [0.29, 0.717) is 5.69 Å². The standard InChI is InChI=1S/C18H17F3N6O3S/c1-26(2)31(29,30)15-8-6-14(7-9-15)22-16(28)11-27-24-17(23-25-27)12-4-3-5-13(10-12)18(19,20)21/h3-10H,11H2,1-2H3,(H,22,28). The Morgan fingerprint density at radius 1 is 1.13 bits per heavy atom. The maximum absolute atomic E-state index is 12.8. The fourth-order valence-corrected chi connectivity index (χ4v) is 3.41. The third-order valence-electron chi connectivity index (χ3n) is 4.10. The number of hydrogen-bond acceptors (Lipinski definition) is 6. The van der Waals surface area contributed by atoms with Gasteiger partial charge in [-0.3, -0.25) is 4.79 Å². The summed E-state index contributed by atoms with van der Waals surface area (Å²) in [5, 5.41) is 13.9. The molecule has 31 heavy (non-hydrogen) atoms. The van der Waals surface area contributed by atoms with Gasteiger partial charge in [0.05, 0.1) is 10.5 Å². The van der Waals surface area contributed by atoms with Gasteiger partial charge >= 0.3 is 6.18 Å². The van der Waals surface area contributed by atoms with Crippen LogP contribution in [0.3, 0.4) is 0 Å². The van der Waals surface area contributed by atoms with Crippen LogP contribution in [0.2, 0.25) is 0 Å². The number of hydrogen-bond donors (Lipinski definition) is 1. The highest BCUT2D eigenvalue weighted by Gasteiger charge is 2.30. The van der Waals surface area contributed by atoms with Gasteiger partial charge in [0.25, 0.3) is 0 Å². The minimum atomic E-state index is -4.51. The minimum absolute atomic E-state index is 0.0582. The van der Waals surface area contributed by atoms with Crippen LogP contribution in [0.25, 0.3) is 11.4 Å². The summed E-state index contributed by atoms with van der Waals surface area (Å²) in [6, 6.07) is 10.0. The first kappa shape index (κ1) is 22.4. The average molecular weight is 454 g/mol. The molecule has 164 valence electrons. The number of carbonyl (C=O) groups is 1. The Kier molecular flexibility index (Phi) is 6.08. The third kappa shape index (κ3) is 5.24. The van der Waals surface area contributed by atoms with E-state index in [1.54, 1.807) is 0 Å². The van der Waals surface area contributed by atoms with Crippen LogP contribution in [0.4, 0.5) is 18.9 Å². The van der Waals surface area contributed by atoms with Crippen molar-refractivity contribution in [2.45, 2.75) is 17.6 Å². The lowest BCUT2D eigenvalue weighted by Gasteiger charge is -2.11. The Balaban J connectivity index is 1.67. The van der Waals surface area contributed by atoms with Crippen LogP contribution in [-0.4, -0.2) is 52.9 Å². The third-order valence-corrected chi connectivity index (χ3v) is 5.93. The highest BCUT2D eigenvalue weighted by molar-refractivity contribution is 7.89. The lowest BCUT2D eigenvalue weighted by molar-refractivity contribution is -0.137. The maximum Gasteiger partial charge on any atom is 0.416 e. The number of rotatable bonds is 6. The van der Waals surface area contributed by atoms with E-state index < -0.39 is 27.7 Å². The molecule has 0 unspecified atom stereocenters. The number of nitrogens with zero attached hydrogens (tertiary/aromatic N) is 5. The summed E-state index contributed by atoms with van der Waals surface area (Å²) >= 11 is 0. The van der Waals surface area contributed by atoms with Crippen LogP contribution in [0, 0.1) is 0 Å². The molecule has 0 aliphatic rings. The van der Waals surface area contributed by atoms with Crippen LogP contribution >= 0.6 is 0 Å². The normalized spacial score (nSPS) is 12.2. The molecule has 1 N–H and O–H groups in total. The van der Waals surface area contributed by atoms with Crippen LogP contribution in [0.5, 0.6) is 0 Å². The van der Waals surface area contributed by atoms with Gasteiger partial charge in [0, 0.05) is 25.3 Å². The van der Waals surface area contributed by atoms with Crippen molar-refractivity contribution in [2.24, 2.45) is 0 Å². The smallest absolute Gasteiger partial charge is 0.324 e. The highest BCUT2D eigenvalue weighted by Crippen LogP contribution is 2.31. The van der Waals surface area contributed by atoms with Gasteiger partial charge in [-0.25, -0.2) is 12.7 Å². The van der Waals surface area contributed by atoms with Crippen molar-refractivity contribution >= 4 is 21.6 Å². The van der Waals surface area contributed by atoms with E-state index in [2.05, 4.69) is 20.7 Å². The second-order valence-electron chi connectivity index (χ2n) is 6.58. The Morgan fingerprint density at radius 2 is 1.81 bits per heavy atom. The topological polar surface area (TPSA) is 110 Å². The van der Waals surface area contributed by atoms with Gasteiger partial charge in [0.1, 0.15) is 6.54 Å². The predicted octanol–water partition coefficient (Wildman–Crippen LogP) is 2.25. The molecule has 1 heterocycles. The largest absolute Gasteiger partial charge is 0.416 e. The van der Waals surface area contributed by atoms with Crippen LogP contribution in [0.1, 0.15) is 5.56 Å². The van der Waals surface area contributed by atoms with Gasteiger partial charge in [-0.05, 0) is 41.6 Å². The van der Waals surface area contributed by atoms with Crippen molar-refractivity contribution < 1.29 is 26.4 Å². The monoisotopic (exact) mass is 454 g/mol. The van der Waals surface area contributed by atoms with Gasteiger partial charge in [-0.1, -0.05) is 12.1 Å². The van der Waals surface area contributed by atoms with E-state index in [-0.39, 0.29) is 22.8 Å². The lowest BCUT2D eigenvalue weighted by atomic mass is 10.1. The Labute approximate surface area is 175 Å². The summed E-state index contributed by atoms with van der Waals surface area (Å²) in [5.74, 6) is -0.589. The molecular formula is C18H17F3N6O3S. The summed E-state index contributed by atoms with van der Waals surface area (Å²) in [7, 11) is -0.776. The molecule has 3 aromatic rings. The average Bonchev–Trinajstić information content (AvgIpc) is 3.16. The van der Waals surface area contributed by atoms with Crippen molar-refractivity contribution in [3.05, 3.63) is 54.1 Å². The number of tetrazole rings is 1. The molecular weight excluding hydrogens is 437 g/mol. The van der Waals surface area contributed by atoms with Crippen molar-refractivity contribution in [3.8, 4) is 11.4 Å². The number of anilines is 1.